The summed E-state index contributed by atoms with van der Waals surface area (Å²) < 4.78 is 26.4. The number of amides is 1. The van der Waals surface area contributed by atoms with Crippen molar-refractivity contribution in [3.8, 4) is 22.6 Å². The Hall–Kier alpha value is -4.96. The van der Waals surface area contributed by atoms with Crippen molar-refractivity contribution in [3.63, 3.8) is 0 Å². The van der Waals surface area contributed by atoms with Gasteiger partial charge in [0, 0.05) is 59.8 Å². The normalized spacial score (nSPS) is 14.2. The number of nitrogens with zero attached hydrogens (tertiary/aromatic N) is 3. The molecule has 1 aliphatic rings. The molecule has 0 bridgehead atoms. The maximum Gasteiger partial charge on any atom is 0.337 e. The molecule has 1 amide bonds. The second-order valence-corrected chi connectivity index (χ2v) is 15.2. The Bertz CT molecular complexity index is 2450. The number of hydrogen-bond acceptors (Lipinski definition) is 6. The van der Waals surface area contributed by atoms with Gasteiger partial charge in [-0.3, -0.25) is 4.79 Å². The van der Waals surface area contributed by atoms with E-state index in [1.165, 1.54) is 7.11 Å². The molecule has 286 valence electrons. The number of rotatable bonds is 11. The van der Waals surface area contributed by atoms with Gasteiger partial charge in [0.15, 0.2) is 6.79 Å². The SMILES string of the molecule is COCOc1cc(C)c(-c2c(Cl)ccc3c(CCCOc4cc(C)c(Cl)c(C)c4)c4n(c23)[C@H](C)CN(c2cn(C)c3ccc(C(=O)OC)cc23)C4=O)c(C)c1. The molecule has 1 atom stereocenters. The Morgan fingerprint density at radius 1 is 0.855 bits per heavy atom. The van der Waals surface area contributed by atoms with Crippen LogP contribution in [-0.2, 0) is 22.9 Å². The molecule has 7 rings (SSSR count). The second kappa shape index (κ2) is 15.3. The number of ether oxygens (including phenoxy) is 4. The zero-order valence-corrected chi connectivity index (χ0v) is 33.9. The number of esters is 1. The first-order chi connectivity index (χ1) is 26.3. The first kappa shape index (κ1) is 38.3. The third kappa shape index (κ3) is 6.83. The minimum atomic E-state index is -0.433. The minimum absolute atomic E-state index is 0.121. The number of fused-ring (bicyclic) bond motifs is 4. The summed E-state index contributed by atoms with van der Waals surface area (Å²) in [6, 6.07) is 17.2. The van der Waals surface area contributed by atoms with Crippen molar-refractivity contribution >= 4 is 62.6 Å². The van der Waals surface area contributed by atoms with Crippen LogP contribution in [0.2, 0.25) is 10.0 Å². The maximum atomic E-state index is 15.2. The van der Waals surface area contributed by atoms with Gasteiger partial charge < -0.3 is 33.0 Å². The lowest BCUT2D eigenvalue weighted by Gasteiger charge is -2.34. The predicted molar refractivity (Wildman–Crippen MR) is 220 cm³/mol. The number of benzene rings is 4. The van der Waals surface area contributed by atoms with Crippen LogP contribution >= 0.6 is 23.2 Å². The number of carbonyl (C=O) groups excluding carboxylic acids is 2. The topological polar surface area (TPSA) is 84.2 Å². The highest BCUT2D eigenvalue weighted by molar-refractivity contribution is 6.35. The summed E-state index contributed by atoms with van der Waals surface area (Å²) in [5.41, 5.74) is 10.3. The van der Waals surface area contributed by atoms with Crippen LogP contribution in [0.1, 0.15) is 68.1 Å². The summed E-state index contributed by atoms with van der Waals surface area (Å²) in [5, 5.41) is 3.10. The molecule has 0 fully saturated rings. The molecular weight excluding hydrogens is 737 g/mol. The molecule has 55 heavy (non-hydrogen) atoms. The summed E-state index contributed by atoms with van der Waals surface area (Å²) in [6.07, 6.45) is 3.20. The summed E-state index contributed by atoms with van der Waals surface area (Å²) in [4.78, 5) is 29.6. The minimum Gasteiger partial charge on any atom is -0.494 e. The molecule has 3 heterocycles. The third-order valence-corrected chi connectivity index (χ3v) is 11.5. The molecular formula is C44H45Cl2N3O6. The number of methoxy groups -OCH3 is 2. The van der Waals surface area contributed by atoms with Crippen LogP contribution in [0, 0.1) is 27.7 Å². The Morgan fingerprint density at radius 3 is 2.20 bits per heavy atom. The molecule has 0 aliphatic carbocycles. The third-order valence-electron chi connectivity index (χ3n) is 10.6. The average molecular weight is 783 g/mol. The van der Waals surface area contributed by atoms with E-state index in [2.05, 4.69) is 25.3 Å². The van der Waals surface area contributed by atoms with E-state index in [0.717, 1.165) is 77.2 Å². The fourth-order valence-corrected chi connectivity index (χ4v) is 8.52. The number of halogens is 2. The van der Waals surface area contributed by atoms with E-state index in [1.54, 1.807) is 19.2 Å². The predicted octanol–water partition coefficient (Wildman–Crippen LogP) is 10.3. The first-order valence-electron chi connectivity index (χ1n) is 18.3. The van der Waals surface area contributed by atoms with E-state index >= 15 is 4.79 Å². The quantitative estimate of drug-likeness (QED) is 0.0739. The Labute approximate surface area is 331 Å². The van der Waals surface area contributed by atoms with Gasteiger partial charge in [-0.2, -0.15) is 0 Å². The monoisotopic (exact) mass is 781 g/mol. The van der Waals surface area contributed by atoms with Gasteiger partial charge in [0.1, 0.15) is 17.2 Å². The van der Waals surface area contributed by atoms with Gasteiger partial charge in [0.05, 0.1) is 35.5 Å². The van der Waals surface area contributed by atoms with Crippen molar-refractivity contribution in [3.05, 3.63) is 110 Å². The van der Waals surface area contributed by atoms with E-state index < -0.39 is 5.97 Å². The van der Waals surface area contributed by atoms with Crippen molar-refractivity contribution in [2.75, 3.05) is 39.1 Å². The van der Waals surface area contributed by atoms with Crippen LogP contribution in [0.4, 0.5) is 5.69 Å². The molecule has 0 N–H and O–H groups in total. The maximum absolute atomic E-state index is 15.2. The molecule has 11 heteroatoms. The molecule has 6 aromatic rings. The number of anilines is 1. The zero-order chi connectivity index (χ0) is 39.3. The molecule has 9 nitrogen and oxygen atoms in total. The van der Waals surface area contributed by atoms with E-state index in [0.29, 0.717) is 48.0 Å². The Kier molecular flexibility index (Phi) is 10.7. The highest BCUT2D eigenvalue weighted by atomic mass is 35.5. The standard InChI is InChI=1S/C44H45Cl2N3O6/c1-24-16-31(55-23-52-7)17-25(2)38(24)39-35(45)13-12-33-32(10-9-15-54-30-18-26(3)40(46)27(4)19-30)42-43(50)48(21-28(5)49(42)41(33)39)37-22-47(6)36-14-11-29(20-34(36)37)44(51)53-8/h11-14,16-20,22,28H,9-10,15,21,23H2,1-8H3/t28-/m1/s1. The molecule has 1 aliphatic heterocycles. The lowest BCUT2D eigenvalue weighted by atomic mass is 9.93. The van der Waals surface area contributed by atoms with Gasteiger partial charge in [-0.15, -0.1) is 0 Å². The van der Waals surface area contributed by atoms with Crippen LogP contribution in [0.5, 0.6) is 11.5 Å². The molecule has 0 saturated heterocycles. The second-order valence-electron chi connectivity index (χ2n) is 14.4. The van der Waals surface area contributed by atoms with Crippen LogP contribution < -0.4 is 14.4 Å². The van der Waals surface area contributed by atoms with E-state index in [-0.39, 0.29) is 18.7 Å². The van der Waals surface area contributed by atoms with Crippen LogP contribution in [0.15, 0.2) is 60.8 Å². The van der Waals surface area contributed by atoms with Crippen molar-refractivity contribution in [1.82, 2.24) is 9.13 Å². The van der Waals surface area contributed by atoms with Gasteiger partial charge in [-0.05, 0) is 129 Å². The van der Waals surface area contributed by atoms with Crippen molar-refractivity contribution in [1.29, 1.82) is 0 Å². The van der Waals surface area contributed by atoms with Gasteiger partial charge in [0.25, 0.3) is 5.91 Å². The lowest BCUT2D eigenvalue weighted by molar-refractivity contribution is 0.0510. The fraction of sp³-hybridized carbons (Fsp3) is 0.318. The van der Waals surface area contributed by atoms with Crippen LogP contribution in [0.3, 0.4) is 0 Å². The largest absolute Gasteiger partial charge is 0.494 e. The first-order valence-corrected chi connectivity index (χ1v) is 19.1. The van der Waals surface area contributed by atoms with E-state index in [1.807, 2.05) is 79.0 Å². The number of carbonyl (C=O) groups is 2. The van der Waals surface area contributed by atoms with Gasteiger partial charge in [0.2, 0.25) is 0 Å². The Balaban J connectivity index is 1.38. The number of aromatic nitrogens is 2. The average Bonchev–Trinajstić information content (AvgIpc) is 3.67. The van der Waals surface area contributed by atoms with Gasteiger partial charge >= 0.3 is 5.97 Å². The summed E-state index contributed by atoms with van der Waals surface area (Å²) in [5.74, 6) is 0.914. The molecule has 2 aromatic heterocycles. The van der Waals surface area contributed by atoms with E-state index in [9.17, 15) is 4.79 Å². The summed E-state index contributed by atoms with van der Waals surface area (Å²) in [7, 11) is 4.90. The number of hydrogen-bond donors (Lipinski definition) is 0. The zero-order valence-electron chi connectivity index (χ0n) is 32.4. The molecule has 0 radical (unpaired) electrons. The number of aryl methyl sites for hydroxylation is 6. The Morgan fingerprint density at radius 2 is 1.53 bits per heavy atom. The highest BCUT2D eigenvalue weighted by Gasteiger charge is 2.37. The van der Waals surface area contributed by atoms with Gasteiger partial charge in [-0.1, -0.05) is 29.3 Å². The fourth-order valence-electron chi connectivity index (χ4n) is 8.16. The van der Waals surface area contributed by atoms with Crippen molar-refractivity contribution < 1.29 is 28.5 Å². The molecule has 0 saturated carbocycles. The summed E-state index contributed by atoms with van der Waals surface area (Å²) >= 11 is 13.6. The smallest absolute Gasteiger partial charge is 0.337 e. The van der Waals surface area contributed by atoms with Crippen molar-refractivity contribution in [2.24, 2.45) is 7.05 Å². The van der Waals surface area contributed by atoms with E-state index in [4.69, 9.17) is 42.1 Å². The van der Waals surface area contributed by atoms with Crippen molar-refractivity contribution in [2.45, 2.75) is 53.5 Å². The summed E-state index contributed by atoms with van der Waals surface area (Å²) in [6.45, 7) is 11.2. The lowest BCUT2D eigenvalue weighted by Crippen LogP contribution is -2.42. The molecule has 4 aromatic carbocycles. The van der Waals surface area contributed by atoms with Crippen LogP contribution in [-0.4, -0.2) is 55.2 Å². The molecule has 0 unspecified atom stereocenters. The molecule has 0 spiro atoms. The van der Waals surface area contributed by atoms with Crippen LogP contribution in [0.25, 0.3) is 32.9 Å². The van der Waals surface area contributed by atoms with Gasteiger partial charge in [-0.25, -0.2) is 4.79 Å². The highest BCUT2D eigenvalue weighted by Crippen LogP contribution is 2.46.